The van der Waals surface area contributed by atoms with Crippen LogP contribution < -0.4 is 23.5 Å². The van der Waals surface area contributed by atoms with Crippen molar-refractivity contribution in [3.63, 3.8) is 0 Å². The lowest BCUT2D eigenvalue weighted by Crippen LogP contribution is -3.00. The summed E-state index contributed by atoms with van der Waals surface area (Å²) in [6.45, 7) is 1.30. The van der Waals surface area contributed by atoms with Crippen LogP contribution in [0.3, 0.4) is 0 Å². The van der Waals surface area contributed by atoms with Gasteiger partial charge < -0.3 is 23.5 Å². The number of H-pyrrole nitrogens is 1. The van der Waals surface area contributed by atoms with Gasteiger partial charge in [-0.2, -0.15) is 0 Å². The smallest absolute Gasteiger partial charge is 0.135 e. The van der Waals surface area contributed by atoms with Crippen molar-refractivity contribution in [2.24, 2.45) is 5.73 Å². The molecule has 36 heavy (non-hydrogen) atoms. The first-order chi connectivity index (χ1) is 16.3. The molecule has 0 aliphatic heterocycles. The Labute approximate surface area is 229 Å². The number of nitrogens with zero attached hydrogens (tertiary/aromatic N) is 2. The van der Waals surface area contributed by atoms with Gasteiger partial charge in [0.2, 0.25) is 0 Å². The molecule has 0 fully saturated rings. The van der Waals surface area contributed by atoms with Crippen molar-refractivity contribution in [1.82, 2.24) is 15.0 Å². The van der Waals surface area contributed by atoms with Gasteiger partial charge in [0.1, 0.15) is 17.7 Å². The number of fused-ring (bicyclic) bond motifs is 1. The summed E-state index contributed by atoms with van der Waals surface area (Å²) in [6, 6.07) is 29.0. The molecule has 186 valence electrons. The fourth-order valence-corrected chi connectivity index (χ4v) is 4.00. The summed E-state index contributed by atoms with van der Waals surface area (Å²) in [4.78, 5) is 13.0. The molecule has 8 heteroatoms. The number of hydrogen-bond acceptors (Lipinski definition) is 4. The van der Waals surface area contributed by atoms with Crippen LogP contribution in [0.5, 0.6) is 0 Å². The van der Waals surface area contributed by atoms with Crippen molar-refractivity contribution >= 4 is 41.5 Å². The molecule has 0 bridgehead atoms. The first-order valence-corrected chi connectivity index (χ1v) is 11.2. The van der Waals surface area contributed by atoms with E-state index in [0.717, 1.165) is 57.6 Å². The van der Waals surface area contributed by atoms with Crippen LogP contribution in [0.4, 0.5) is 5.82 Å². The number of pyridine rings is 3. The Hall–Kier alpha value is -3.22. The predicted octanol–water partition coefficient (Wildman–Crippen LogP) is 3.53. The minimum Gasteiger partial charge on any atom is -1.00 e. The van der Waals surface area contributed by atoms with Crippen molar-refractivity contribution < 1.29 is 12.4 Å². The fraction of sp³-hybridized carbons (Fsp3) is 0.107. The summed E-state index contributed by atoms with van der Waals surface area (Å²) in [7, 11) is 0. The molecule has 2 aromatic carbocycles. The van der Waals surface area contributed by atoms with E-state index in [-0.39, 0.29) is 37.2 Å². The highest BCUT2D eigenvalue weighted by Gasteiger charge is 2.14. The molecule has 0 amide bonds. The highest BCUT2D eigenvalue weighted by molar-refractivity contribution is 5.96. The maximum absolute atomic E-state index is 5.80. The summed E-state index contributed by atoms with van der Waals surface area (Å²) in [6.07, 6.45) is 4.64. The lowest BCUT2D eigenvalue weighted by molar-refractivity contribution is -0.00000704. The van der Waals surface area contributed by atoms with Crippen LogP contribution in [0.2, 0.25) is 0 Å². The summed E-state index contributed by atoms with van der Waals surface area (Å²) in [5.41, 5.74) is 13.2. The second-order valence-corrected chi connectivity index (χ2v) is 7.94. The van der Waals surface area contributed by atoms with Crippen molar-refractivity contribution in [3.05, 3.63) is 109 Å². The molecule has 3 heterocycles. The predicted molar refractivity (Wildman–Crippen MR) is 150 cm³/mol. The van der Waals surface area contributed by atoms with E-state index in [0.29, 0.717) is 6.54 Å². The molecule has 4 N–H and O–H groups in total. The van der Waals surface area contributed by atoms with E-state index in [4.69, 9.17) is 10.7 Å². The van der Waals surface area contributed by atoms with Gasteiger partial charge in [-0.3, -0.25) is 4.98 Å². The molecular formula is C28H28Cl3N5. The number of anilines is 1. The first-order valence-electron chi connectivity index (χ1n) is 11.2. The van der Waals surface area contributed by atoms with Gasteiger partial charge in [-0.1, -0.05) is 54.6 Å². The number of nitrogens with one attached hydrogen (secondary N) is 2. The maximum atomic E-state index is 5.80. The number of hydrogen-bond donors (Lipinski definition) is 3. The molecule has 0 spiro atoms. The van der Waals surface area contributed by atoms with Crippen LogP contribution in [0.1, 0.15) is 11.3 Å². The summed E-state index contributed by atoms with van der Waals surface area (Å²) >= 11 is 0. The number of nitrogens with two attached hydrogens (primary N) is 1. The topological polar surface area (TPSA) is 79.6 Å². The minimum atomic E-state index is 0. The van der Waals surface area contributed by atoms with Crippen LogP contribution in [0.15, 0.2) is 97.3 Å². The lowest BCUT2D eigenvalue weighted by Gasteiger charge is -2.14. The fourth-order valence-electron chi connectivity index (χ4n) is 4.00. The van der Waals surface area contributed by atoms with Crippen LogP contribution >= 0.6 is 24.8 Å². The van der Waals surface area contributed by atoms with E-state index in [1.54, 1.807) is 0 Å². The maximum Gasteiger partial charge on any atom is 0.135 e. The minimum absolute atomic E-state index is 0. The standard InChI is InChI=1S/C28H26N5.3ClH/c29-19-20-9-11-22(12-10-20)27-24(21-6-2-1-3-7-21)18-25-26(33-27)14-17-32-28(25)31-16-13-23-8-4-5-15-30-23;;;/h1-12,14-15,17-18,30H,13,16,19,29H2,(H,31,32);3*1H/q+1;;;/p-1. The molecular weight excluding hydrogens is 513 g/mol. The molecule has 0 aliphatic carbocycles. The van der Waals surface area contributed by atoms with Crippen molar-refractivity contribution in [2.45, 2.75) is 13.0 Å². The monoisotopic (exact) mass is 539 g/mol. The molecule has 5 aromatic rings. The molecule has 0 saturated carbocycles. The Morgan fingerprint density at radius 1 is 0.889 bits per heavy atom. The second kappa shape index (κ2) is 13.8. The third kappa shape index (κ3) is 6.50. The zero-order valence-corrected chi connectivity index (χ0v) is 21.9. The molecule has 0 aliphatic rings. The van der Waals surface area contributed by atoms with Gasteiger partial charge in [-0.15, -0.1) is 24.8 Å². The second-order valence-electron chi connectivity index (χ2n) is 7.94. The summed E-state index contributed by atoms with van der Waals surface area (Å²) in [5, 5.41) is 4.51. The van der Waals surface area contributed by atoms with Gasteiger partial charge in [0, 0.05) is 41.9 Å². The van der Waals surface area contributed by atoms with E-state index >= 15 is 0 Å². The Kier molecular flexibility index (Phi) is 11.1. The normalized spacial score (nSPS) is 10.0. The highest BCUT2D eigenvalue weighted by Crippen LogP contribution is 2.35. The Morgan fingerprint density at radius 2 is 1.67 bits per heavy atom. The molecule has 0 radical (unpaired) electrons. The van der Waals surface area contributed by atoms with E-state index in [1.165, 1.54) is 5.69 Å². The number of rotatable bonds is 7. The van der Waals surface area contributed by atoms with Crippen LogP contribution in [0.25, 0.3) is 33.3 Å². The summed E-state index contributed by atoms with van der Waals surface area (Å²) < 4.78 is 0. The Morgan fingerprint density at radius 3 is 2.36 bits per heavy atom. The number of aromatic nitrogens is 3. The zero-order valence-electron chi connectivity index (χ0n) is 19.5. The van der Waals surface area contributed by atoms with Gasteiger partial charge in [0.25, 0.3) is 0 Å². The zero-order chi connectivity index (χ0) is 22.5. The molecule has 5 nitrogen and oxygen atoms in total. The largest absolute Gasteiger partial charge is 1.00 e. The van der Waals surface area contributed by atoms with Gasteiger partial charge in [-0.05, 0) is 23.3 Å². The van der Waals surface area contributed by atoms with Crippen molar-refractivity contribution in [3.8, 4) is 22.4 Å². The van der Waals surface area contributed by atoms with Crippen molar-refractivity contribution in [1.29, 1.82) is 0 Å². The quantitative estimate of drug-likeness (QED) is 0.276. The third-order valence-electron chi connectivity index (χ3n) is 5.75. The van der Waals surface area contributed by atoms with Gasteiger partial charge in [0.05, 0.1) is 29.8 Å². The Bertz CT molecular complexity index is 1370. The first kappa shape index (κ1) is 29.0. The number of aromatic amines is 1. The molecule has 0 saturated heterocycles. The highest BCUT2D eigenvalue weighted by atomic mass is 35.5. The van der Waals surface area contributed by atoms with Gasteiger partial charge >= 0.3 is 0 Å². The number of halogens is 3. The molecule has 0 unspecified atom stereocenters. The van der Waals surface area contributed by atoms with Gasteiger partial charge in [-0.25, -0.2) is 9.97 Å². The SMILES string of the molecule is Cl.Cl.NCc1ccc(-c2nc3ccnc(NCC[c+]4cccc[nH]4)c3cc2-c2ccccc2)cc1.[Cl-]. The van der Waals surface area contributed by atoms with E-state index in [2.05, 4.69) is 75.9 Å². The third-order valence-corrected chi connectivity index (χ3v) is 5.75. The average Bonchev–Trinajstić information content (AvgIpc) is 2.89. The van der Waals surface area contributed by atoms with Crippen LogP contribution in [-0.4, -0.2) is 21.5 Å². The van der Waals surface area contributed by atoms with E-state index < -0.39 is 0 Å². The molecule has 3 aromatic heterocycles. The Balaban J connectivity index is 0.00000152. The molecule has 5 rings (SSSR count). The van der Waals surface area contributed by atoms with Gasteiger partial charge in [0.15, 0.2) is 0 Å². The molecule has 0 atom stereocenters. The number of benzene rings is 2. The average molecular weight is 541 g/mol. The van der Waals surface area contributed by atoms with Crippen molar-refractivity contribution in [2.75, 3.05) is 11.9 Å². The van der Waals surface area contributed by atoms with Crippen LogP contribution in [0, 0.1) is 0 Å². The summed E-state index contributed by atoms with van der Waals surface area (Å²) in [5.74, 6) is 0.846. The van der Waals surface area contributed by atoms with Crippen LogP contribution in [-0.2, 0) is 13.0 Å². The van der Waals surface area contributed by atoms with E-state index in [9.17, 15) is 0 Å². The van der Waals surface area contributed by atoms with E-state index in [1.807, 2.05) is 36.7 Å². The lowest BCUT2D eigenvalue weighted by atomic mass is 9.97.